The quantitative estimate of drug-likeness (QED) is 0.399. The molecule has 1 amide bonds. The van der Waals surface area contributed by atoms with Gasteiger partial charge in [-0.15, -0.1) is 0 Å². The van der Waals surface area contributed by atoms with Crippen molar-refractivity contribution < 1.29 is 23.4 Å². The summed E-state index contributed by atoms with van der Waals surface area (Å²) in [6.45, 7) is 0. The maximum atomic E-state index is 12.8. The van der Waals surface area contributed by atoms with E-state index in [4.69, 9.17) is 30.8 Å². The van der Waals surface area contributed by atoms with Crippen LogP contribution in [0.5, 0.6) is 17.2 Å². The van der Waals surface area contributed by atoms with Gasteiger partial charge in [0.25, 0.3) is 5.91 Å². The fourth-order valence-electron chi connectivity index (χ4n) is 3.29. The zero-order chi connectivity index (χ0) is 23.4. The highest BCUT2D eigenvalue weighted by Crippen LogP contribution is 2.29. The van der Waals surface area contributed by atoms with Crippen LogP contribution < -0.4 is 24.8 Å². The van der Waals surface area contributed by atoms with Crippen LogP contribution >= 0.6 is 12.2 Å². The zero-order valence-electron chi connectivity index (χ0n) is 18.2. The molecule has 1 heterocycles. The summed E-state index contributed by atoms with van der Waals surface area (Å²) in [6.07, 6.45) is 0. The Kier molecular flexibility index (Phi) is 6.41. The van der Waals surface area contributed by atoms with E-state index in [-0.39, 0.29) is 10.7 Å². The molecule has 0 spiro atoms. The van der Waals surface area contributed by atoms with Crippen LogP contribution in [0.1, 0.15) is 10.4 Å². The first kappa shape index (κ1) is 22.1. The van der Waals surface area contributed by atoms with Crippen molar-refractivity contribution in [1.82, 2.24) is 10.3 Å². The number of oxazole rings is 1. The Morgan fingerprint density at radius 3 is 2.36 bits per heavy atom. The molecule has 0 unspecified atom stereocenters. The summed E-state index contributed by atoms with van der Waals surface area (Å²) in [5.41, 5.74) is 2.95. The number of carbonyl (C=O) groups is 1. The third-order valence-electron chi connectivity index (χ3n) is 4.84. The second-order valence-electron chi connectivity index (χ2n) is 6.88. The van der Waals surface area contributed by atoms with Gasteiger partial charge in [0.1, 0.15) is 28.3 Å². The van der Waals surface area contributed by atoms with Crippen molar-refractivity contribution in [2.45, 2.75) is 0 Å². The van der Waals surface area contributed by atoms with Gasteiger partial charge in [0.2, 0.25) is 5.89 Å². The third-order valence-corrected chi connectivity index (χ3v) is 5.05. The second kappa shape index (κ2) is 9.58. The van der Waals surface area contributed by atoms with E-state index in [0.717, 1.165) is 5.56 Å². The van der Waals surface area contributed by atoms with Crippen molar-refractivity contribution in [1.29, 1.82) is 0 Å². The van der Waals surface area contributed by atoms with E-state index in [0.29, 0.717) is 39.9 Å². The van der Waals surface area contributed by atoms with Gasteiger partial charge in [-0.2, -0.15) is 0 Å². The molecule has 2 N–H and O–H groups in total. The van der Waals surface area contributed by atoms with Crippen LogP contribution in [0.15, 0.2) is 65.1 Å². The first-order valence-electron chi connectivity index (χ1n) is 9.90. The average molecular weight is 464 g/mol. The number of nitrogens with zero attached hydrogens (tertiary/aromatic N) is 1. The van der Waals surface area contributed by atoms with Crippen molar-refractivity contribution in [2.75, 3.05) is 26.6 Å². The standard InChI is InChI=1S/C24H21N3O5S/c1-29-16-7-4-6-14(12-16)23-26-17-13-15(10-11-18(17)32-23)25-24(33)27-22(28)21-19(30-2)8-5-9-20(21)31-3/h4-13H,1-3H3,(H2,25,27,28,33). The van der Waals surface area contributed by atoms with Crippen molar-refractivity contribution >= 4 is 40.0 Å². The number of thiocarbonyl (C=S) groups is 1. The Morgan fingerprint density at radius 2 is 1.67 bits per heavy atom. The monoisotopic (exact) mass is 463 g/mol. The normalized spacial score (nSPS) is 10.5. The van der Waals surface area contributed by atoms with E-state index >= 15 is 0 Å². The Bertz CT molecular complexity index is 1310. The predicted molar refractivity (Wildman–Crippen MR) is 129 cm³/mol. The fraction of sp³-hybridized carbons (Fsp3) is 0.125. The smallest absolute Gasteiger partial charge is 0.264 e. The van der Waals surface area contributed by atoms with Crippen LogP contribution in [0.25, 0.3) is 22.6 Å². The number of aromatic nitrogens is 1. The molecule has 9 heteroatoms. The molecule has 0 radical (unpaired) electrons. The maximum Gasteiger partial charge on any atom is 0.264 e. The Morgan fingerprint density at radius 1 is 0.939 bits per heavy atom. The van der Waals surface area contributed by atoms with Crippen molar-refractivity contribution in [3.8, 4) is 28.7 Å². The molecule has 0 aliphatic rings. The van der Waals surface area contributed by atoms with Crippen LogP contribution in [-0.2, 0) is 0 Å². The van der Waals surface area contributed by atoms with Crippen molar-refractivity contribution in [3.05, 3.63) is 66.2 Å². The molecule has 4 aromatic rings. The fourth-order valence-corrected chi connectivity index (χ4v) is 3.50. The molecule has 0 saturated carbocycles. The summed E-state index contributed by atoms with van der Waals surface area (Å²) in [7, 11) is 4.57. The van der Waals surface area contributed by atoms with Gasteiger partial charge in [0.15, 0.2) is 10.7 Å². The average Bonchev–Trinajstić information content (AvgIpc) is 3.26. The van der Waals surface area contributed by atoms with Crippen LogP contribution in [0.2, 0.25) is 0 Å². The molecule has 168 valence electrons. The van der Waals surface area contributed by atoms with E-state index in [1.807, 2.05) is 24.3 Å². The topological polar surface area (TPSA) is 94.9 Å². The lowest BCUT2D eigenvalue weighted by Gasteiger charge is -2.14. The number of rotatable bonds is 6. The molecule has 0 atom stereocenters. The first-order valence-corrected chi connectivity index (χ1v) is 10.3. The van der Waals surface area contributed by atoms with Gasteiger partial charge in [-0.1, -0.05) is 12.1 Å². The summed E-state index contributed by atoms with van der Waals surface area (Å²) in [5.74, 6) is 1.49. The number of anilines is 1. The number of benzene rings is 3. The predicted octanol–water partition coefficient (Wildman–Crippen LogP) is 4.65. The van der Waals surface area contributed by atoms with Crippen LogP contribution in [0, 0.1) is 0 Å². The molecule has 8 nitrogen and oxygen atoms in total. The van der Waals surface area contributed by atoms with Gasteiger partial charge in [-0.05, 0) is 60.7 Å². The number of nitrogens with one attached hydrogen (secondary N) is 2. The lowest BCUT2D eigenvalue weighted by Crippen LogP contribution is -2.34. The molecule has 0 fully saturated rings. The van der Waals surface area contributed by atoms with E-state index in [2.05, 4.69) is 15.6 Å². The molecule has 33 heavy (non-hydrogen) atoms. The second-order valence-corrected chi connectivity index (χ2v) is 7.29. The number of fused-ring (bicyclic) bond motifs is 1. The SMILES string of the molecule is COc1cccc(-c2nc3cc(NC(=S)NC(=O)c4c(OC)cccc4OC)ccc3o2)c1. The number of amides is 1. The highest BCUT2D eigenvalue weighted by molar-refractivity contribution is 7.80. The van der Waals surface area contributed by atoms with Crippen molar-refractivity contribution in [3.63, 3.8) is 0 Å². The lowest BCUT2D eigenvalue weighted by molar-refractivity contribution is 0.0971. The van der Waals surface area contributed by atoms with E-state index in [1.54, 1.807) is 43.5 Å². The highest BCUT2D eigenvalue weighted by Gasteiger charge is 2.19. The maximum absolute atomic E-state index is 12.8. The van der Waals surface area contributed by atoms with E-state index < -0.39 is 5.91 Å². The van der Waals surface area contributed by atoms with E-state index in [9.17, 15) is 4.79 Å². The molecule has 0 aliphatic heterocycles. The minimum atomic E-state index is -0.454. The van der Waals surface area contributed by atoms with Crippen LogP contribution in [0.3, 0.4) is 0 Å². The molecule has 0 bridgehead atoms. The Balaban J connectivity index is 1.51. The summed E-state index contributed by atoms with van der Waals surface area (Å²) in [6, 6.07) is 17.9. The lowest BCUT2D eigenvalue weighted by atomic mass is 10.1. The molecule has 0 saturated heterocycles. The molecule has 3 aromatic carbocycles. The Hall–Kier alpha value is -4.11. The van der Waals surface area contributed by atoms with Gasteiger partial charge >= 0.3 is 0 Å². The number of hydrogen-bond acceptors (Lipinski definition) is 7. The van der Waals surface area contributed by atoms with Crippen molar-refractivity contribution in [2.24, 2.45) is 0 Å². The summed E-state index contributed by atoms with van der Waals surface area (Å²) in [5, 5.41) is 5.76. The van der Waals surface area contributed by atoms with Gasteiger partial charge in [-0.3, -0.25) is 10.1 Å². The molecular formula is C24H21N3O5S. The molecule has 0 aliphatic carbocycles. The minimum absolute atomic E-state index is 0.115. The molecule has 1 aromatic heterocycles. The number of carbonyl (C=O) groups excluding carboxylic acids is 1. The number of methoxy groups -OCH3 is 3. The Labute approximate surface area is 195 Å². The van der Waals surface area contributed by atoms with Gasteiger partial charge in [0.05, 0.1) is 21.3 Å². The largest absolute Gasteiger partial charge is 0.497 e. The first-order chi connectivity index (χ1) is 16.0. The zero-order valence-corrected chi connectivity index (χ0v) is 19.0. The highest BCUT2D eigenvalue weighted by atomic mass is 32.1. The summed E-state index contributed by atoms with van der Waals surface area (Å²) in [4.78, 5) is 17.3. The molecular weight excluding hydrogens is 442 g/mol. The minimum Gasteiger partial charge on any atom is -0.497 e. The number of ether oxygens (including phenoxy) is 3. The van der Waals surface area contributed by atoms with Gasteiger partial charge in [-0.25, -0.2) is 4.98 Å². The van der Waals surface area contributed by atoms with Gasteiger partial charge < -0.3 is 23.9 Å². The van der Waals surface area contributed by atoms with Crippen LogP contribution in [0.4, 0.5) is 5.69 Å². The summed E-state index contributed by atoms with van der Waals surface area (Å²) >= 11 is 5.32. The molecule has 4 rings (SSSR count). The number of hydrogen-bond donors (Lipinski definition) is 2. The van der Waals surface area contributed by atoms with E-state index in [1.165, 1.54) is 14.2 Å². The van der Waals surface area contributed by atoms with Gasteiger partial charge in [0, 0.05) is 11.3 Å². The van der Waals surface area contributed by atoms with Crippen LogP contribution in [-0.4, -0.2) is 37.3 Å². The summed E-state index contributed by atoms with van der Waals surface area (Å²) < 4.78 is 21.7. The third kappa shape index (κ3) is 4.73.